The Morgan fingerprint density at radius 2 is 2.46 bits per heavy atom. The number of aliphatic hydroxyl groups excluding tert-OH is 1. The Hall–Kier alpha value is -0.160. The number of morpholine rings is 1. The molecule has 0 aromatic rings. The second kappa shape index (κ2) is 5.54. The Labute approximate surface area is 79.4 Å². The second-order valence-corrected chi connectivity index (χ2v) is 3.55. The van der Waals surface area contributed by atoms with Crippen molar-refractivity contribution in [2.24, 2.45) is 0 Å². The zero-order valence-corrected chi connectivity index (χ0v) is 8.40. The third kappa shape index (κ3) is 4.04. The van der Waals surface area contributed by atoms with Gasteiger partial charge in [0.05, 0.1) is 25.4 Å². The van der Waals surface area contributed by atoms with Crippen LogP contribution in [-0.2, 0) is 9.47 Å². The van der Waals surface area contributed by atoms with Crippen LogP contribution < -0.4 is 0 Å². The van der Waals surface area contributed by atoms with Gasteiger partial charge in [0.1, 0.15) is 0 Å². The fourth-order valence-corrected chi connectivity index (χ4v) is 1.60. The largest absolute Gasteiger partial charge is 0.389 e. The minimum Gasteiger partial charge on any atom is -0.389 e. The lowest BCUT2D eigenvalue weighted by Crippen LogP contribution is -2.45. The first-order valence-corrected chi connectivity index (χ1v) is 4.73. The van der Waals surface area contributed by atoms with Crippen LogP contribution in [0.4, 0.5) is 0 Å². The van der Waals surface area contributed by atoms with Crippen LogP contribution in [0, 0.1) is 0 Å². The lowest BCUT2D eigenvalue weighted by molar-refractivity contribution is -0.0403. The van der Waals surface area contributed by atoms with Gasteiger partial charge in [0.2, 0.25) is 0 Å². The highest BCUT2D eigenvalue weighted by Crippen LogP contribution is 2.04. The Balaban J connectivity index is 2.19. The van der Waals surface area contributed by atoms with Crippen LogP contribution >= 0.6 is 0 Å². The molecule has 1 saturated heterocycles. The predicted octanol–water partition coefficient (Wildman–Crippen LogP) is -0.286. The molecule has 0 aromatic carbocycles. The summed E-state index contributed by atoms with van der Waals surface area (Å²) in [6, 6.07) is 0. The van der Waals surface area contributed by atoms with Crippen molar-refractivity contribution >= 4 is 0 Å². The molecule has 4 heteroatoms. The summed E-state index contributed by atoms with van der Waals surface area (Å²) in [6.45, 7) is 5.72. The number of hydrogen-bond donors (Lipinski definition) is 1. The molecule has 0 spiro atoms. The zero-order valence-electron chi connectivity index (χ0n) is 8.40. The van der Waals surface area contributed by atoms with E-state index in [0.717, 1.165) is 19.7 Å². The Kier molecular flexibility index (Phi) is 4.66. The SMILES string of the molecule is COC[C@@H](O)CN1CCO[C@H](C)C1. The van der Waals surface area contributed by atoms with Crippen molar-refractivity contribution in [2.45, 2.75) is 19.1 Å². The fourth-order valence-electron chi connectivity index (χ4n) is 1.60. The van der Waals surface area contributed by atoms with Gasteiger partial charge in [-0.05, 0) is 6.92 Å². The Bertz CT molecular complexity index is 143. The van der Waals surface area contributed by atoms with E-state index in [1.54, 1.807) is 7.11 Å². The molecule has 0 aliphatic carbocycles. The molecule has 13 heavy (non-hydrogen) atoms. The van der Waals surface area contributed by atoms with Crippen molar-refractivity contribution in [1.82, 2.24) is 4.90 Å². The lowest BCUT2D eigenvalue weighted by Gasteiger charge is -2.32. The predicted molar refractivity (Wildman–Crippen MR) is 49.7 cm³/mol. The Morgan fingerprint density at radius 1 is 1.69 bits per heavy atom. The van der Waals surface area contributed by atoms with E-state index in [1.165, 1.54) is 0 Å². The molecular formula is C9H19NO3. The molecule has 0 saturated carbocycles. The van der Waals surface area contributed by atoms with Gasteiger partial charge < -0.3 is 14.6 Å². The van der Waals surface area contributed by atoms with Crippen LogP contribution in [-0.4, -0.2) is 62.2 Å². The minimum atomic E-state index is -0.379. The van der Waals surface area contributed by atoms with Crippen LogP contribution in [0.1, 0.15) is 6.92 Å². The maximum absolute atomic E-state index is 9.48. The van der Waals surface area contributed by atoms with Gasteiger partial charge in [-0.15, -0.1) is 0 Å². The van der Waals surface area contributed by atoms with E-state index in [2.05, 4.69) is 11.8 Å². The van der Waals surface area contributed by atoms with E-state index in [9.17, 15) is 5.11 Å². The Morgan fingerprint density at radius 3 is 3.08 bits per heavy atom. The van der Waals surface area contributed by atoms with Crippen molar-refractivity contribution in [3.05, 3.63) is 0 Å². The van der Waals surface area contributed by atoms with E-state index < -0.39 is 0 Å². The first-order valence-electron chi connectivity index (χ1n) is 4.73. The van der Waals surface area contributed by atoms with Gasteiger partial charge in [-0.2, -0.15) is 0 Å². The van der Waals surface area contributed by atoms with E-state index in [1.807, 2.05) is 0 Å². The van der Waals surface area contributed by atoms with Crippen LogP contribution in [0.3, 0.4) is 0 Å². The third-order valence-electron chi connectivity index (χ3n) is 2.15. The molecule has 0 radical (unpaired) electrons. The maximum Gasteiger partial charge on any atom is 0.0900 e. The molecule has 1 fully saturated rings. The molecule has 2 atom stereocenters. The van der Waals surface area contributed by atoms with Gasteiger partial charge in [0, 0.05) is 26.7 Å². The van der Waals surface area contributed by atoms with Crippen LogP contribution in [0.5, 0.6) is 0 Å². The van der Waals surface area contributed by atoms with Gasteiger partial charge >= 0.3 is 0 Å². The highest BCUT2D eigenvalue weighted by Gasteiger charge is 2.18. The maximum atomic E-state index is 9.48. The summed E-state index contributed by atoms with van der Waals surface area (Å²) in [4.78, 5) is 2.21. The summed E-state index contributed by atoms with van der Waals surface area (Å²) in [5.41, 5.74) is 0. The summed E-state index contributed by atoms with van der Waals surface area (Å²) in [5, 5.41) is 9.48. The number of ether oxygens (including phenoxy) is 2. The van der Waals surface area contributed by atoms with Crippen molar-refractivity contribution in [3.63, 3.8) is 0 Å². The second-order valence-electron chi connectivity index (χ2n) is 3.55. The van der Waals surface area contributed by atoms with Gasteiger partial charge in [-0.25, -0.2) is 0 Å². The summed E-state index contributed by atoms with van der Waals surface area (Å²) in [7, 11) is 1.60. The molecule has 4 nitrogen and oxygen atoms in total. The first-order chi connectivity index (χ1) is 6.22. The molecule has 0 aromatic heterocycles. The van der Waals surface area contributed by atoms with Gasteiger partial charge in [0.15, 0.2) is 0 Å². The molecule has 78 valence electrons. The molecular weight excluding hydrogens is 170 g/mol. The third-order valence-corrected chi connectivity index (χ3v) is 2.15. The number of β-amino-alcohol motifs (C(OH)–C–C–N with tert-alkyl or cyclic N) is 1. The monoisotopic (exact) mass is 189 g/mol. The first kappa shape index (κ1) is 10.9. The topological polar surface area (TPSA) is 41.9 Å². The average molecular weight is 189 g/mol. The van der Waals surface area contributed by atoms with Crippen LogP contribution in [0.25, 0.3) is 0 Å². The summed E-state index contributed by atoms with van der Waals surface area (Å²) in [5.74, 6) is 0. The number of hydrogen-bond acceptors (Lipinski definition) is 4. The van der Waals surface area contributed by atoms with Gasteiger partial charge in [0.25, 0.3) is 0 Å². The number of methoxy groups -OCH3 is 1. The molecule has 1 N–H and O–H groups in total. The molecule has 0 amide bonds. The molecule has 1 heterocycles. The normalized spacial score (nSPS) is 27.5. The minimum absolute atomic E-state index is 0.281. The number of aliphatic hydroxyl groups is 1. The molecule has 1 aliphatic rings. The van der Waals surface area contributed by atoms with E-state index in [-0.39, 0.29) is 12.2 Å². The molecule has 1 aliphatic heterocycles. The highest BCUT2D eigenvalue weighted by molar-refractivity contribution is 4.70. The van der Waals surface area contributed by atoms with Gasteiger partial charge in [-0.1, -0.05) is 0 Å². The van der Waals surface area contributed by atoms with Crippen LogP contribution in [0.2, 0.25) is 0 Å². The molecule has 0 unspecified atom stereocenters. The van der Waals surface area contributed by atoms with Crippen molar-refractivity contribution in [1.29, 1.82) is 0 Å². The van der Waals surface area contributed by atoms with Crippen molar-refractivity contribution in [3.8, 4) is 0 Å². The number of nitrogens with zero attached hydrogens (tertiary/aromatic N) is 1. The highest BCUT2D eigenvalue weighted by atomic mass is 16.5. The standard InChI is InChI=1S/C9H19NO3/c1-8-5-10(3-4-13-8)6-9(11)7-12-2/h8-9,11H,3-7H2,1-2H3/t8-,9+/m1/s1. The lowest BCUT2D eigenvalue weighted by atomic mass is 10.2. The van der Waals surface area contributed by atoms with Crippen molar-refractivity contribution in [2.75, 3.05) is 40.0 Å². The average Bonchev–Trinajstić information content (AvgIpc) is 2.04. The molecule has 1 rings (SSSR count). The quantitative estimate of drug-likeness (QED) is 0.660. The summed E-state index contributed by atoms with van der Waals surface area (Å²) in [6.07, 6.45) is -0.0983. The summed E-state index contributed by atoms with van der Waals surface area (Å²) < 4.78 is 10.3. The fraction of sp³-hybridized carbons (Fsp3) is 1.00. The number of rotatable bonds is 4. The summed E-state index contributed by atoms with van der Waals surface area (Å²) >= 11 is 0. The van der Waals surface area contributed by atoms with E-state index in [0.29, 0.717) is 13.2 Å². The van der Waals surface area contributed by atoms with E-state index in [4.69, 9.17) is 9.47 Å². The smallest absolute Gasteiger partial charge is 0.0900 e. The molecule has 0 bridgehead atoms. The van der Waals surface area contributed by atoms with Crippen LogP contribution in [0.15, 0.2) is 0 Å². The van der Waals surface area contributed by atoms with E-state index >= 15 is 0 Å². The van der Waals surface area contributed by atoms with Gasteiger partial charge in [-0.3, -0.25) is 4.90 Å². The van der Waals surface area contributed by atoms with Crippen molar-refractivity contribution < 1.29 is 14.6 Å². The zero-order chi connectivity index (χ0) is 9.68.